The van der Waals surface area contributed by atoms with Crippen LogP contribution in [0.25, 0.3) is 6.08 Å². The van der Waals surface area contributed by atoms with Gasteiger partial charge in [-0.05, 0) is 48.0 Å². The van der Waals surface area contributed by atoms with Crippen molar-refractivity contribution in [2.45, 2.75) is 6.61 Å². The molecule has 6 nitrogen and oxygen atoms in total. The Morgan fingerprint density at radius 2 is 1.88 bits per heavy atom. The summed E-state index contributed by atoms with van der Waals surface area (Å²) in [7, 11) is 1.50. The molecule has 0 heterocycles. The van der Waals surface area contributed by atoms with Gasteiger partial charge < -0.3 is 14.8 Å². The number of anilines is 1. The van der Waals surface area contributed by atoms with E-state index in [9.17, 15) is 15.3 Å². The van der Waals surface area contributed by atoms with Crippen molar-refractivity contribution in [3.05, 3.63) is 94.0 Å². The summed E-state index contributed by atoms with van der Waals surface area (Å²) < 4.78 is 11.2. The summed E-state index contributed by atoms with van der Waals surface area (Å²) in [5.41, 5.74) is 2.29. The minimum atomic E-state index is -0.554. The van der Waals surface area contributed by atoms with Gasteiger partial charge in [0.2, 0.25) is 0 Å². The van der Waals surface area contributed by atoms with E-state index in [1.807, 2.05) is 18.2 Å². The van der Waals surface area contributed by atoms with Crippen molar-refractivity contribution in [3.63, 3.8) is 0 Å². The normalized spacial score (nSPS) is 10.6. The summed E-state index contributed by atoms with van der Waals surface area (Å²) in [5, 5.41) is 21.8. The molecule has 0 saturated carbocycles. The van der Waals surface area contributed by atoms with E-state index in [1.54, 1.807) is 54.6 Å². The molecule has 3 aromatic carbocycles. The van der Waals surface area contributed by atoms with Gasteiger partial charge in [0.05, 0.1) is 18.7 Å². The molecule has 0 aliphatic heterocycles. The number of carbonyl (C=O) groups excluding carboxylic acids is 1. The summed E-state index contributed by atoms with van der Waals surface area (Å²) in [6.45, 7) is 0.195. The summed E-state index contributed by atoms with van der Waals surface area (Å²) in [6, 6.07) is 22.9. The van der Waals surface area contributed by atoms with E-state index < -0.39 is 5.91 Å². The number of amides is 1. The fraction of sp³-hybridized carbons (Fsp3) is 0.0800. The van der Waals surface area contributed by atoms with Crippen molar-refractivity contribution < 1.29 is 14.3 Å². The van der Waals surface area contributed by atoms with E-state index in [0.29, 0.717) is 33.3 Å². The SMILES string of the molecule is COc1cc(/C=C(\C#N)C(=O)Nc2cccc(Cl)c2)ccc1OCc1ccccc1C#N. The summed E-state index contributed by atoms with van der Waals surface area (Å²) in [5.74, 6) is 0.349. The number of methoxy groups -OCH3 is 1. The molecule has 1 N–H and O–H groups in total. The van der Waals surface area contributed by atoms with Gasteiger partial charge in [-0.2, -0.15) is 10.5 Å². The molecule has 0 aliphatic carbocycles. The molecule has 158 valence electrons. The minimum absolute atomic E-state index is 0.0800. The molecule has 32 heavy (non-hydrogen) atoms. The van der Waals surface area contributed by atoms with Crippen LogP contribution in [0.1, 0.15) is 16.7 Å². The lowest BCUT2D eigenvalue weighted by Gasteiger charge is -2.12. The Morgan fingerprint density at radius 1 is 1.06 bits per heavy atom. The quantitative estimate of drug-likeness (QED) is 0.392. The van der Waals surface area contributed by atoms with Gasteiger partial charge in [-0.15, -0.1) is 0 Å². The minimum Gasteiger partial charge on any atom is -0.493 e. The second-order valence-electron chi connectivity index (χ2n) is 6.60. The van der Waals surface area contributed by atoms with Gasteiger partial charge in [-0.25, -0.2) is 0 Å². The summed E-state index contributed by atoms with van der Waals surface area (Å²) in [4.78, 5) is 12.5. The Labute approximate surface area is 190 Å². The van der Waals surface area contributed by atoms with Crippen LogP contribution in [0, 0.1) is 22.7 Å². The number of halogens is 1. The highest BCUT2D eigenvalue weighted by Crippen LogP contribution is 2.30. The average Bonchev–Trinajstić information content (AvgIpc) is 2.81. The van der Waals surface area contributed by atoms with E-state index in [-0.39, 0.29) is 12.2 Å². The fourth-order valence-electron chi connectivity index (χ4n) is 2.88. The Kier molecular flexibility index (Phi) is 7.48. The maximum Gasteiger partial charge on any atom is 0.266 e. The standard InChI is InChI=1S/C25H18ClN3O3/c1-31-24-12-17(9-10-23(24)32-16-19-6-3-2-5-18(19)14-27)11-20(15-28)25(30)29-22-8-4-7-21(26)13-22/h2-13H,16H2,1H3,(H,29,30)/b20-11+. The first kappa shape index (κ1) is 22.4. The molecule has 0 bridgehead atoms. The topological polar surface area (TPSA) is 95.1 Å². The van der Waals surface area contributed by atoms with Crippen LogP contribution in [0.2, 0.25) is 5.02 Å². The lowest BCUT2D eigenvalue weighted by Crippen LogP contribution is -2.13. The van der Waals surface area contributed by atoms with E-state index in [2.05, 4.69) is 11.4 Å². The zero-order valence-electron chi connectivity index (χ0n) is 17.1. The highest BCUT2D eigenvalue weighted by molar-refractivity contribution is 6.31. The predicted octanol–water partition coefficient (Wildman–Crippen LogP) is 5.34. The molecule has 3 rings (SSSR count). The third kappa shape index (κ3) is 5.66. The van der Waals surface area contributed by atoms with Crippen LogP contribution in [0.5, 0.6) is 11.5 Å². The maximum atomic E-state index is 12.5. The smallest absolute Gasteiger partial charge is 0.266 e. The molecular weight excluding hydrogens is 426 g/mol. The molecule has 7 heteroatoms. The zero-order valence-corrected chi connectivity index (χ0v) is 17.9. The van der Waals surface area contributed by atoms with Crippen LogP contribution in [0.4, 0.5) is 5.69 Å². The first-order valence-electron chi connectivity index (χ1n) is 9.51. The molecule has 0 aromatic heterocycles. The van der Waals surface area contributed by atoms with Crippen molar-refractivity contribution in [1.82, 2.24) is 0 Å². The van der Waals surface area contributed by atoms with Crippen LogP contribution in [-0.4, -0.2) is 13.0 Å². The van der Waals surface area contributed by atoms with Gasteiger partial charge in [-0.1, -0.05) is 41.9 Å². The number of hydrogen-bond acceptors (Lipinski definition) is 5. The molecule has 0 aliphatic rings. The monoisotopic (exact) mass is 443 g/mol. The predicted molar refractivity (Wildman–Crippen MR) is 122 cm³/mol. The van der Waals surface area contributed by atoms with E-state index in [4.69, 9.17) is 21.1 Å². The van der Waals surface area contributed by atoms with Crippen LogP contribution in [0.3, 0.4) is 0 Å². The summed E-state index contributed by atoms with van der Waals surface area (Å²) >= 11 is 5.93. The van der Waals surface area contributed by atoms with Crippen molar-refractivity contribution in [1.29, 1.82) is 10.5 Å². The maximum absolute atomic E-state index is 12.5. The molecule has 0 fully saturated rings. The van der Waals surface area contributed by atoms with Crippen molar-refractivity contribution >= 4 is 29.3 Å². The first-order chi connectivity index (χ1) is 15.5. The molecule has 0 atom stereocenters. The zero-order chi connectivity index (χ0) is 22.9. The van der Waals surface area contributed by atoms with E-state index in [0.717, 1.165) is 5.56 Å². The average molecular weight is 444 g/mol. The number of rotatable bonds is 7. The summed E-state index contributed by atoms with van der Waals surface area (Å²) in [6.07, 6.45) is 1.46. The molecule has 3 aromatic rings. The van der Waals surface area contributed by atoms with Gasteiger partial charge >= 0.3 is 0 Å². The Hall–Kier alpha value is -4.26. The Bertz CT molecular complexity index is 1260. The molecule has 1 amide bonds. The van der Waals surface area contributed by atoms with Crippen molar-refractivity contribution in [3.8, 4) is 23.6 Å². The lowest BCUT2D eigenvalue weighted by atomic mass is 10.1. The molecule has 0 radical (unpaired) electrons. The van der Waals surface area contributed by atoms with Crippen molar-refractivity contribution in [2.24, 2.45) is 0 Å². The third-order valence-corrected chi connectivity index (χ3v) is 4.70. The third-order valence-electron chi connectivity index (χ3n) is 4.47. The molecule has 0 spiro atoms. The largest absolute Gasteiger partial charge is 0.493 e. The first-order valence-corrected chi connectivity index (χ1v) is 9.89. The number of hydrogen-bond donors (Lipinski definition) is 1. The second-order valence-corrected chi connectivity index (χ2v) is 7.04. The van der Waals surface area contributed by atoms with Gasteiger partial charge in [0, 0.05) is 16.3 Å². The fourth-order valence-corrected chi connectivity index (χ4v) is 3.07. The second kappa shape index (κ2) is 10.7. The lowest BCUT2D eigenvalue weighted by molar-refractivity contribution is -0.112. The van der Waals surface area contributed by atoms with Crippen LogP contribution < -0.4 is 14.8 Å². The van der Waals surface area contributed by atoms with Crippen LogP contribution >= 0.6 is 11.6 Å². The van der Waals surface area contributed by atoms with E-state index in [1.165, 1.54) is 13.2 Å². The van der Waals surface area contributed by atoms with Gasteiger partial charge in [0.1, 0.15) is 18.2 Å². The number of nitrogens with zero attached hydrogens (tertiary/aromatic N) is 2. The number of nitriles is 2. The van der Waals surface area contributed by atoms with Gasteiger partial charge in [0.15, 0.2) is 11.5 Å². The molecular formula is C25H18ClN3O3. The Balaban J connectivity index is 1.77. The van der Waals surface area contributed by atoms with Crippen molar-refractivity contribution in [2.75, 3.05) is 12.4 Å². The van der Waals surface area contributed by atoms with Crippen LogP contribution in [0.15, 0.2) is 72.3 Å². The van der Waals surface area contributed by atoms with Gasteiger partial charge in [0.25, 0.3) is 5.91 Å². The highest BCUT2D eigenvalue weighted by atomic mass is 35.5. The van der Waals surface area contributed by atoms with Crippen LogP contribution in [-0.2, 0) is 11.4 Å². The Morgan fingerprint density at radius 3 is 2.59 bits per heavy atom. The van der Waals surface area contributed by atoms with E-state index >= 15 is 0 Å². The number of nitrogens with one attached hydrogen (secondary N) is 1. The highest BCUT2D eigenvalue weighted by Gasteiger charge is 2.12. The number of benzene rings is 3. The number of ether oxygens (including phenoxy) is 2. The number of carbonyl (C=O) groups is 1. The van der Waals surface area contributed by atoms with Gasteiger partial charge in [-0.3, -0.25) is 4.79 Å². The molecule has 0 saturated heterocycles. The molecule has 0 unspecified atom stereocenters.